The molecule has 0 saturated heterocycles. The number of benzene rings is 2. The first-order valence-corrected chi connectivity index (χ1v) is 8.41. The van der Waals surface area contributed by atoms with Gasteiger partial charge in [0.15, 0.2) is 0 Å². The summed E-state index contributed by atoms with van der Waals surface area (Å²) >= 11 is 3.23. The van der Waals surface area contributed by atoms with E-state index in [1.165, 1.54) is 6.07 Å². The quantitative estimate of drug-likeness (QED) is 0.661. The molecule has 0 fully saturated rings. The van der Waals surface area contributed by atoms with Gasteiger partial charge >= 0.3 is 0 Å². The van der Waals surface area contributed by atoms with Crippen molar-refractivity contribution in [2.75, 3.05) is 5.32 Å². The number of carbonyl (C=O) groups is 1. The van der Waals surface area contributed by atoms with Crippen molar-refractivity contribution in [1.29, 1.82) is 0 Å². The fraction of sp³-hybridized carbons (Fsp3) is 0.111. The van der Waals surface area contributed by atoms with E-state index >= 15 is 0 Å². The Balaban J connectivity index is 1.84. The second-order valence-electron chi connectivity index (χ2n) is 5.50. The largest absolute Gasteiger partial charge is 0.380 e. The van der Waals surface area contributed by atoms with E-state index in [2.05, 4.69) is 26.3 Å². The summed E-state index contributed by atoms with van der Waals surface area (Å²) in [6.45, 7) is 1.05. The van der Waals surface area contributed by atoms with Crippen LogP contribution >= 0.6 is 15.9 Å². The van der Waals surface area contributed by atoms with E-state index in [-0.39, 0.29) is 5.56 Å². The van der Waals surface area contributed by atoms with E-state index in [0.717, 1.165) is 11.1 Å². The molecule has 2 aromatic carbocycles. The van der Waals surface area contributed by atoms with Gasteiger partial charge in [0.2, 0.25) is 0 Å². The van der Waals surface area contributed by atoms with Gasteiger partial charge < -0.3 is 11.1 Å². The SMILES string of the molecule is NC(=O)c1c(F)cc(Br)cc1NCc1ccccc1Cn1cccn1. The molecule has 3 aromatic rings. The zero-order chi connectivity index (χ0) is 17.8. The molecule has 1 aromatic heterocycles. The zero-order valence-electron chi connectivity index (χ0n) is 13.2. The van der Waals surface area contributed by atoms with Crippen molar-refractivity contribution in [2.45, 2.75) is 13.1 Å². The maximum Gasteiger partial charge on any atom is 0.253 e. The van der Waals surface area contributed by atoms with Crippen molar-refractivity contribution in [3.05, 3.63) is 81.8 Å². The summed E-state index contributed by atoms with van der Waals surface area (Å²) in [7, 11) is 0. The van der Waals surface area contributed by atoms with Crippen LogP contribution in [-0.2, 0) is 13.1 Å². The smallest absolute Gasteiger partial charge is 0.253 e. The van der Waals surface area contributed by atoms with Crippen molar-refractivity contribution in [3.8, 4) is 0 Å². The van der Waals surface area contributed by atoms with Crippen LogP contribution in [0.4, 0.5) is 10.1 Å². The van der Waals surface area contributed by atoms with Gasteiger partial charge in [0, 0.05) is 23.4 Å². The van der Waals surface area contributed by atoms with Gasteiger partial charge in [0.1, 0.15) is 5.82 Å². The van der Waals surface area contributed by atoms with Crippen LogP contribution < -0.4 is 11.1 Å². The van der Waals surface area contributed by atoms with Crippen molar-refractivity contribution in [1.82, 2.24) is 9.78 Å². The molecule has 0 aliphatic heterocycles. The highest BCUT2D eigenvalue weighted by Crippen LogP contribution is 2.25. The summed E-state index contributed by atoms with van der Waals surface area (Å²) < 4.78 is 16.4. The van der Waals surface area contributed by atoms with Gasteiger partial charge in [-0.25, -0.2) is 4.39 Å². The molecular formula is C18H16BrFN4O. The monoisotopic (exact) mass is 402 g/mol. The molecule has 128 valence electrons. The van der Waals surface area contributed by atoms with E-state index in [1.54, 1.807) is 12.3 Å². The van der Waals surface area contributed by atoms with Gasteiger partial charge in [0.05, 0.1) is 17.8 Å². The Morgan fingerprint density at radius 2 is 2.00 bits per heavy atom. The second kappa shape index (κ2) is 7.48. The first-order chi connectivity index (χ1) is 12.0. The normalized spacial score (nSPS) is 10.6. The molecule has 0 unspecified atom stereocenters. The predicted molar refractivity (Wildman–Crippen MR) is 97.7 cm³/mol. The summed E-state index contributed by atoms with van der Waals surface area (Å²) in [6, 6.07) is 12.6. The van der Waals surface area contributed by atoms with Crippen molar-refractivity contribution in [2.24, 2.45) is 5.73 Å². The number of hydrogen-bond acceptors (Lipinski definition) is 3. The first kappa shape index (κ1) is 17.2. The van der Waals surface area contributed by atoms with Crippen LogP contribution in [0.15, 0.2) is 59.3 Å². The summed E-state index contributed by atoms with van der Waals surface area (Å²) in [4.78, 5) is 11.6. The predicted octanol–water partition coefficient (Wildman–Crippen LogP) is 3.54. The minimum atomic E-state index is -0.808. The van der Waals surface area contributed by atoms with Gasteiger partial charge in [-0.3, -0.25) is 9.48 Å². The molecule has 25 heavy (non-hydrogen) atoms. The molecule has 3 N–H and O–H groups in total. The lowest BCUT2D eigenvalue weighted by molar-refractivity contribution is 0.0997. The molecule has 1 heterocycles. The van der Waals surface area contributed by atoms with E-state index in [4.69, 9.17) is 5.73 Å². The highest BCUT2D eigenvalue weighted by atomic mass is 79.9. The van der Waals surface area contributed by atoms with Crippen LogP contribution in [0.2, 0.25) is 0 Å². The molecule has 0 bridgehead atoms. The maximum absolute atomic E-state index is 14.0. The molecule has 0 saturated carbocycles. The lowest BCUT2D eigenvalue weighted by Crippen LogP contribution is -2.17. The van der Waals surface area contributed by atoms with Crippen molar-refractivity contribution < 1.29 is 9.18 Å². The van der Waals surface area contributed by atoms with Crippen LogP contribution in [0.5, 0.6) is 0 Å². The number of hydrogen-bond donors (Lipinski definition) is 2. The average molecular weight is 403 g/mol. The minimum Gasteiger partial charge on any atom is -0.380 e. The Labute approximate surface area is 152 Å². The van der Waals surface area contributed by atoms with E-state index in [0.29, 0.717) is 23.2 Å². The minimum absolute atomic E-state index is 0.146. The molecule has 0 radical (unpaired) electrons. The lowest BCUT2D eigenvalue weighted by atomic mass is 10.1. The Bertz CT molecular complexity index is 896. The number of nitrogens with one attached hydrogen (secondary N) is 1. The van der Waals surface area contributed by atoms with Gasteiger partial charge in [-0.1, -0.05) is 40.2 Å². The molecule has 7 heteroatoms. The number of rotatable bonds is 6. The van der Waals surface area contributed by atoms with Crippen LogP contribution in [-0.4, -0.2) is 15.7 Å². The van der Waals surface area contributed by atoms with E-state index in [1.807, 2.05) is 41.2 Å². The summed E-state index contributed by atoms with van der Waals surface area (Å²) in [5, 5.41) is 7.32. The number of nitrogens with two attached hydrogens (primary N) is 1. The highest BCUT2D eigenvalue weighted by molar-refractivity contribution is 9.10. The van der Waals surface area contributed by atoms with Gasteiger partial charge in [-0.15, -0.1) is 0 Å². The van der Waals surface area contributed by atoms with Crippen LogP contribution in [0.3, 0.4) is 0 Å². The number of amides is 1. The van der Waals surface area contributed by atoms with Gasteiger partial charge in [0.25, 0.3) is 5.91 Å². The Morgan fingerprint density at radius 1 is 1.24 bits per heavy atom. The molecule has 1 amide bonds. The van der Waals surface area contributed by atoms with E-state index < -0.39 is 11.7 Å². The number of aromatic nitrogens is 2. The number of nitrogens with zero attached hydrogens (tertiary/aromatic N) is 2. The standard InChI is InChI=1S/C18H16BrFN4O/c19-14-8-15(20)17(18(21)25)16(9-14)22-10-12-4-1-2-5-13(12)11-24-7-3-6-23-24/h1-9,22H,10-11H2,(H2,21,25). The summed E-state index contributed by atoms with van der Waals surface area (Å²) in [5.74, 6) is -1.47. The lowest BCUT2D eigenvalue weighted by Gasteiger charge is -2.14. The zero-order valence-corrected chi connectivity index (χ0v) is 14.8. The Morgan fingerprint density at radius 3 is 2.68 bits per heavy atom. The average Bonchev–Trinajstić information content (AvgIpc) is 3.06. The number of carbonyl (C=O) groups excluding carboxylic acids is 1. The molecule has 0 aliphatic carbocycles. The van der Waals surface area contributed by atoms with Gasteiger partial charge in [-0.2, -0.15) is 5.10 Å². The highest BCUT2D eigenvalue weighted by Gasteiger charge is 2.15. The second-order valence-corrected chi connectivity index (χ2v) is 6.42. The summed E-state index contributed by atoms with van der Waals surface area (Å²) in [5.41, 5.74) is 7.62. The Kier molecular flexibility index (Phi) is 5.14. The molecule has 3 rings (SSSR count). The van der Waals surface area contributed by atoms with Crippen LogP contribution in [0.25, 0.3) is 0 Å². The van der Waals surface area contributed by atoms with Gasteiger partial charge in [-0.05, 0) is 29.3 Å². The molecular weight excluding hydrogens is 387 g/mol. The Hall–Kier alpha value is -2.67. The third-order valence-electron chi connectivity index (χ3n) is 3.78. The molecule has 0 atom stereocenters. The third-order valence-corrected chi connectivity index (χ3v) is 4.24. The van der Waals surface area contributed by atoms with E-state index in [9.17, 15) is 9.18 Å². The third kappa shape index (κ3) is 4.06. The molecule has 5 nitrogen and oxygen atoms in total. The fourth-order valence-corrected chi connectivity index (χ4v) is 3.04. The van der Waals surface area contributed by atoms with Crippen molar-refractivity contribution in [3.63, 3.8) is 0 Å². The van der Waals surface area contributed by atoms with Crippen LogP contribution in [0.1, 0.15) is 21.5 Å². The maximum atomic E-state index is 14.0. The number of anilines is 1. The summed E-state index contributed by atoms with van der Waals surface area (Å²) in [6.07, 6.45) is 3.61. The number of primary amides is 1. The number of halogens is 2. The van der Waals surface area contributed by atoms with Crippen LogP contribution in [0, 0.1) is 5.82 Å². The first-order valence-electron chi connectivity index (χ1n) is 7.61. The molecule has 0 aliphatic rings. The molecule has 0 spiro atoms. The fourth-order valence-electron chi connectivity index (χ4n) is 2.61. The topological polar surface area (TPSA) is 72.9 Å². The van der Waals surface area contributed by atoms with Crippen molar-refractivity contribution >= 4 is 27.5 Å².